The van der Waals surface area contributed by atoms with E-state index in [2.05, 4.69) is 46.4 Å². The molecule has 138 valence electrons. The first-order chi connectivity index (χ1) is 12.5. The van der Waals surface area contributed by atoms with E-state index in [0.717, 1.165) is 28.8 Å². The molecule has 0 fully saturated rings. The summed E-state index contributed by atoms with van der Waals surface area (Å²) in [6.45, 7) is 5.50. The molecule has 2 atom stereocenters. The van der Waals surface area contributed by atoms with Crippen molar-refractivity contribution >= 4 is 21.8 Å². The van der Waals surface area contributed by atoms with Crippen LogP contribution in [0.4, 0.5) is 0 Å². The monoisotopic (exact) mass is 416 g/mol. The predicted octanol–water partition coefficient (Wildman–Crippen LogP) is 4.08. The van der Waals surface area contributed by atoms with Crippen molar-refractivity contribution in [3.05, 3.63) is 63.6 Å². The predicted molar refractivity (Wildman–Crippen MR) is 107 cm³/mol. The normalized spacial score (nSPS) is 15.9. The van der Waals surface area contributed by atoms with Crippen LogP contribution in [0, 0.1) is 0 Å². The number of nitrogens with one attached hydrogen (secondary N) is 1. The van der Waals surface area contributed by atoms with Gasteiger partial charge < -0.3 is 9.64 Å². The second-order valence-corrected chi connectivity index (χ2v) is 7.64. The number of benzene rings is 2. The lowest BCUT2D eigenvalue weighted by atomic mass is 9.99. The molecule has 2 unspecified atom stereocenters. The fraction of sp³-hybridized carbons (Fsp3) is 0.381. The molecule has 26 heavy (non-hydrogen) atoms. The zero-order valence-electron chi connectivity index (χ0n) is 15.5. The van der Waals surface area contributed by atoms with Crippen LogP contribution in [0.5, 0.6) is 5.75 Å². The molecule has 1 N–H and O–H groups in total. The average Bonchev–Trinajstić information content (AvgIpc) is 2.66. The molecule has 1 aliphatic heterocycles. The summed E-state index contributed by atoms with van der Waals surface area (Å²) in [4.78, 5) is 14.8. The molecule has 1 aliphatic rings. The SMILES string of the molecule is COc1ccc(C(C)NC(C)C(=O)N2CCc3ccccc3C2)cc1Br. The van der Waals surface area contributed by atoms with Crippen molar-refractivity contribution in [2.24, 2.45) is 0 Å². The highest BCUT2D eigenvalue weighted by Gasteiger charge is 2.25. The van der Waals surface area contributed by atoms with Crippen LogP contribution in [-0.2, 0) is 17.8 Å². The summed E-state index contributed by atoms with van der Waals surface area (Å²) >= 11 is 3.52. The maximum atomic E-state index is 12.9. The van der Waals surface area contributed by atoms with Crippen molar-refractivity contribution in [2.75, 3.05) is 13.7 Å². The van der Waals surface area contributed by atoms with E-state index in [0.29, 0.717) is 6.54 Å². The molecule has 0 saturated heterocycles. The molecule has 1 amide bonds. The van der Waals surface area contributed by atoms with Crippen LogP contribution in [-0.4, -0.2) is 30.5 Å². The van der Waals surface area contributed by atoms with Gasteiger partial charge in [-0.15, -0.1) is 0 Å². The Bertz CT molecular complexity index is 793. The van der Waals surface area contributed by atoms with Gasteiger partial charge in [0, 0.05) is 19.1 Å². The molecule has 0 aliphatic carbocycles. The first-order valence-electron chi connectivity index (χ1n) is 8.94. The second kappa shape index (κ2) is 8.23. The number of carbonyl (C=O) groups is 1. The first-order valence-corrected chi connectivity index (χ1v) is 9.74. The van der Waals surface area contributed by atoms with Crippen LogP contribution in [0.2, 0.25) is 0 Å². The molecule has 4 nitrogen and oxygen atoms in total. The molecule has 1 heterocycles. The molecular formula is C21H25BrN2O2. The summed E-state index contributed by atoms with van der Waals surface area (Å²) in [5.41, 5.74) is 3.72. The molecule has 5 heteroatoms. The fourth-order valence-corrected chi connectivity index (χ4v) is 4.01. The summed E-state index contributed by atoms with van der Waals surface area (Å²) in [5, 5.41) is 3.43. The Morgan fingerprint density at radius 2 is 1.92 bits per heavy atom. The van der Waals surface area contributed by atoms with E-state index in [4.69, 9.17) is 4.74 Å². The van der Waals surface area contributed by atoms with Crippen LogP contribution in [0.1, 0.15) is 36.6 Å². The third-order valence-electron chi connectivity index (χ3n) is 4.99. The van der Waals surface area contributed by atoms with Crippen LogP contribution in [0.15, 0.2) is 46.9 Å². The first kappa shape index (κ1) is 18.9. The number of rotatable bonds is 5. The standard InChI is InChI=1S/C21H25BrN2O2/c1-14(17-8-9-20(26-3)19(22)12-17)23-15(2)21(25)24-11-10-16-6-4-5-7-18(16)13-24/h4-9,12,14-15,23H,10-11,13H2,1-3H3. The van der Waals surface area contributed by atoms with Crippen LogP contribution >= 0.6 is 15.9 Å². The van der Waals surface area contributed by atoms with E-state index in [-0.39, 0.29) is 18.0 Å². The van der Waals surface area contributed by atoms with Gasteiger partial charge in [0.25, 0.3) is 0 Å². The van der Waals surface area contributed by atoms with E-state index in [9.17, 15) is 4.79 Å². The van der Waals surface area contributed by atoms with Gasteiger partial charge in [-0.05, 0) is 65.0 Å². The molecule has 3 rings (SSSR count). The molecule has 0 aromatic heterocycles. The largest absolute Gasteiger partial charge is 0.496 e. The van der Waals surface area contributed by atoms with Crippen LogP contribution in [0.3, 0.4) is 0 Å². The van der Waals surface area contributed by atoms with Gasteiger partial charge in [-0.1, -0.05) is 30.3 Å². The van der Waals surface area contributed by atoms with Crippen molar-refractivity contribution in [3.63, 3.8) is 0 Å². The lowest BCUT2D eigenvalue weighted by molar-refractivity contribution is -0.134. The van der Waals surface area contributed by atoms with Gasteiger partial charge in [0.1, 0.15) is 5.75 Å². The minimum atomic E-state index is -0.240. The van der Waals surface area contributed by atoms with Crippen molar-refractivity contribution in [2.45, 2.75) is 38.9 Å². The van der Waals surface area contributed by atoms with Crippen molar-refractivity contribution in [1.29, 1.82) is 0 Å². The number of carbonyl (C=O) groups excluding carboxylic acids is 1. The van der Waals surface area contributed by atoms with Gasteiger partial charge in [0.2, 0.25) is 5.91 Å². The lowest BCUT2D eigenvalue weighted by Crippen LogP contribution is -2.47. The van der Waals surface area contributed by atoms with Crippen molar-refractivity contribution in [3.8, 4) is 5.75 Å². The van der Waals surface area contributed by atoms with Crippen LogP contribution in [0.25, 0.3) is 0 Å². The highest BCUT2D eigenvalue weighted by Crippen LogP contribution is 2.28. The van der Waals surface area contributed by atoms with E-state index in [1.807, 2.05) is 36.1 Å². The third-order valence-corrected chi connectivity index (χ3v) is 5.61. The minimum Gasteiger partial charge on any atom is -0.496 e. The van der Waals surface area contributed by atoms with Gasteiger partial charge in [-0.25, -0.2) is 0 Å². The lowest BCUT2D eigenvalue weighted by Gasteiger charge is -2.32. The Balaban J connectivity index is 1.63. The zero-order valence-corrected chi connectivity index (χ0v) is 17.0. The summed E-state index contributed by atoms with van der Waals surface area (Å²) in [6.07, 6.45) is 0.926. The van der Waals surface area contributed by atoms with Gasteiger partial charge in [-0.3, -0.25) is 10.1 Å². The van der Waals surface area contributed by atoms with Crippen molar-refractivity contribution < 1.29 is 9.53 Å². The summed E-state index contributed by atoms with van der Waals surface area (Å²) in [7, 11) is 1.65. The van der Waals surface area contributed by atoms with Gasteiger partial charge >= 0.3 is 0 Å². The number of hydrogen-bond acceptors (Lipinski definition) is 3. The molecule has 0 spiro atoms. The van der Waals surface area contributed by atoms with E-state index < -0.39 is 0 Å². The fourth-order valence-electron chi connectivity index (χ4n) is 3.45. The van der Waals surface area contributed by atoms with Gasteiger partial charge in [0.15, 0.2) is 0 Å². The number of methoxy groups -OCH3 is 1. The molecule has 0 saturated carbocycles. The Morgan fingerprint density at radius 1 is 1.19 bits per heavy atom. The highest BCUT2D eigenvalue weighted by atomic mass is 79.9. The number of hydrogen-bond donors (Lipinski definition) is 1. The van der Waals surface area contributed by atoms with Crippen LogP contribution < -0.4 is 10.1 Å². The van der Waals surface area contributed by atoms with Gasteiger partial charge in [0.05, 0.1) is 17.6 Å². The molecular weight excluding hydrogens is 392 g/mol. The zero-order chi connectivity index (χ0) is 18.7. The Kier molecular flexibility index (Phi) is 5.99. The van der Waals surface area contributed by atoms with E-state index in [1.54, 1.807) is 7.11 Å². The molecule has 0 radical (unpaired) electrons. The Morgan fingerprint density at radius 3 is 2.62 bits per heavy atom. The minimum absolute atomic E-state index is 0.0632. The highest BCUT2D eigenvalue weighted by molar-refractivity contribution is 9.10. The number of fused-ring (bicyclic) bond motifs is 1. The molecule has 0 bridgehead atoms. The van der Waals surface area contributed by atoms with E-state index >= 15 is 0 Å². The molecule has 2 aromatic rings. The Labute approximate surface area is 163 Å². The topological polar surface area (TPSA) is 41.6 Å². The number of nitrogens with zero attached hydrogens (tertiary/aromatic N) is 1. The van der Waals surface area contributed by atoms with E-state index in [1.165, 1.54) is 11.1 Å². The number of halogens is 1. The third kappa shape index (κ3) is 4.10. The van der Waals surface area contributed by atoms with Gasteiger partial charge in [-0.2, -0.15) is 0 Å². The average molecular weight is 417 g/mol. The number of amides is 1. The summed E-state index contributed by atoms with van der Waals surface area (Å²) < 4.78 is 6.19. The molecule has 2 aromatic carbocycles. The summed E-state index contributed by atoms with van der Waals surface area (Å²) in [6, 6.07) is 14.2. The maximum absolute atomic E-state index is 12.9. The summed E-state index contributed by atoms with van der Waals surface area (Å²) in [5.74, 6) is 0.955. The quantitative estimate of drug-likeness (QED) is 0.797. The Hall–Kier alpha value is -1.85. The smallest absolute Gasteiger partial charge is 0.239 e. The van der Waals surface area contributed by atoms with Crippen molar-refractivity contribution in [1.82, 2.24) is 10.2 Å². The maximum Gasteiger partial charge on any atom is 0.239 e. The second-order valence-electron chi connectivity index (χ2n) is 6.78. The number of ether oxygens (including phenoxy) is 1.